The smallest absolute Gasteiger partial charge is 0.122 e. The Morgan fingerprint density at radius 1 is 1.38 bits per heavy atom. The molecule has 1 N–H and O–H groups in total. The minimum absolute atomic E-state index is 0.159. The summed E-state index contributed by atoms with van der Waals surface area (Å²) >= 11 is 0. The van der Waals surface area contributed by atoms with E-state index in [2.05, 4.69) is 13.0 Å². The molecular formula is C14H20O2. The molecule has 2 heteroatoms. The van der Waals surface area contributed by atoms with Gasteiger partial charge in [0, 0.05) is 6.42 Å². The van der Waals surface area contributed by atoms with Gasteiger partial charge in [0.05, 0.1) is 12.7 Å². The van der Waals surface area contributed by atoms with E-state index in [-0.39, 0.29) is 6.10 Å². The van der Waals surface area contributed by atoms with Crippen LogP contribution in [0, 0.1) is 5.92 Å². The molecule has 16 heavy (non-hydrogen) atoms. The largest absolute Gasteiger partial charge is 0.493 e. The van der Waals surface area contributed by atoms with E-state index in [9.17, 15) is 5.11 Å². The predicted octanol–water partition coefficient (Wildman–Crippen LogP) is 2.79. The second-order valence-corrected chi connectivity index (χ2v) is 4.50. The van der Waals surface area contributed by atoms with Crippen molar-refractivity contribution in [2.45, 2.75) is 38.7 Å². The topological polar surface area (TPSA) is 29.5 Å². The molecular weight excluding hydrogens is 200 g/mol. The predicted molar refractivity (Wildman–Crippen MR) is 64.7 cm³/mol. The van der Waals surface area contributed by atoms with Crippen molar-refractivity contribution in [3.8, 4) is 5.75 Å². The third kappa shape index (κ3) is 2.99. The fraction of sp³-hybridized carbons (Fsp3) is 0.571. The molecule has 0 radical (unpaired) electrons. The van der Waals surface area contributed by atoms with E-state index in [1.807, 2.05) is 18.2 Å². The first kappa shape index (κ1) is 11.5. The van der Waals surface area contributed by atoms with E-state index < -0.39 is 0 Å². The van der Waals surface area contributed by atoms with Gasteiger partial charge in [0.1, 0.15) is 5.75 Å². The van der Waals surface area contributed by atoms with Crippen LogP contribution in [-0.4, -0.2) is 17.8 Å². The Morgan fingerprint density at radius 3 is 2.81 bits per heavy atom. The monoisotopic (exact) mass is 220 g/mol. The fourth-order valence-electron chi connectivity index (χ4n) is 1.94. The minimum atomic E-state index is -0.159. The summed E-state index contributed by atoms with van der Waals surface area (Å²) in [6, 6.07) is 8.12. The van der Waals surface area contributed by atoms with Crippen LogP contribution in [0.15, 0.2) is 24.3 Å². The van der Waals surface area contributed by atoms with Crippen molar-refractivity contribution in [1.82, 2.24) is 0 Å². The Labute approximate surface area is 97.3 Å². The van der Waals surface area contributed by atoms with E-state index in [0.717, 1.165) is 18.6 Å². The van der Waals surface area contributed by atoms with Crippen LogP contribution < -0.4 is 4.74 Å². The summed E-state index contributed by atoms with van der Waals surface area (Å²) in [5.41, 5.74) is 1.24. The average Bonchev–Trinajstić information content (AvgIpc) is 3.13. The van der Waals surface area contributed by atoms with Crippen molar-refractivity contribution in [2.24, 2.45) is 5.92 Å². The molecule has 1 aliphatic carbocycles. The number of aliphatic hydroxyl groups is 1. The first-order valence-electron chi connectivity index (χ1n) is 6.20. The molecule has 1 fully saturated rings. The first-order chi connectivity index (χ1) is 7.81. The van der Waals surface area contributed by atoms with Crippen LogP contribution in [-0.2, 0) is 6.42 Å². The number of para-hydroxylation sites is 1. The first-order valence-corrected chi connectivity index (χ1v) is 6.20. The Kier molecular flexibility index (Phi) is 3.83. The summed E-state index contributed by atoms with van der Waals surface area (Å²) in [4.78, 5) is 0. The molecule has 0 aromatic heterocycles. The van der Waals surface area contributed by atoms with Gasteiger partial charge >= 0.3 is 0 Å². The van der Waals surface area contributed by atoms with Gasteiger partial charge in [-0.15, -0.1) is 0 Å². The van der Waals surface area contributed by atoms with E-state index in [1.165, 1.54) is 18.4 Å². The second-order valence-electron chi connectivity index (χ2n) is 4.50. The molecule has 0 amide bonds. The van der Waals surface area contributed by atoms with Crippen molar-refractivity contribution in [3.63, 3.8) is 0 Å². The lowest BCUT2D eigenvalue weighted by atomic mass is 10.1. The lowest BCUT2D eigenvalue weighted by Crippen LogP contribution is -2.14. The van der Waals surface area contributed by atoms with E-state index in [4.69, 9.17) is 4.74 Å². The Morgan fingerprint density at radius 2 is 2.12 bits per heavy atom. The molecule has 1 saturated carbocycles. The molecule has 88 valence electrons. The van der Waals surface area contributed by atoms with Crippen molar-refractivity contribution < 1.29 is 9.84 Å². The molecule has 0 aliphatic heterocycles. The van der Waals surface area contributed by atoms with Gasteiger partial charge in [-0.1, -0.05) is 25.1 Å². The lowest BCUT2D eigenvalue weighted by Gasteiger charge is -2.12. The molecule has 1 aromatic rings. The SMILES string of the molecule is CCc1ccccc1OCCC(O)C1CC1. The van der Waals surface area contributed by atoms with Crippen LogP contribution in [0.2, 0.25) is 0 Å². The summed E-state index contributed by atoms with van der Waals surface area (Å²) in [7, 11) is 0. The van der Waals surface area contributed by atoms with E-state index in [0.29, 0.717) is 12.5 Å². The molecule has 0 spiro atoms. The molecule has 0 heterocycles. The number of hydrogen-bond acceptors (Lipinski definition) is 2. The van der Waals surface area contributed by atoms with Gasteiger partial charge < -0.3 is 9.84 Å². The molecule has 1 atom stereocenters. The third-order valence-corrected chi connectivity index (χ3v) is 3.19. The average molecular weight is 220 g/mol. The number of aryl methyl sites for hydroxylation is 1. The number of aliphatic hydroxyl groups excluding tert-OH is 1. The van der Waals surface area contributed by atoms with Crippen LogP contribution in [0.1, 0.15) is 31.7 Å². The quantitative estimate of drug-likeness (QED) is 0.798. The van der Waals surface area contributed by atoms with Gasteiger partial charge in [0.25, 0.3) is 0 Å². The van der Waals surface area contributed by atoms with Crippen LogP contribution >= 0.6 is 0 Å². The molecule has 0 saturated heterocycles. The number of hydrogen-bond donors (Lipinski definition) is 1. The number of rotatable bonds is 6. The van der Waals surface area contributed by atoms with Gasteiger partial charge in [0.2, 0.25) is 0 Å². The maximum Gasteiger partial charge on any atom is 0.122 e. The van der Waals surface area contributed by atoms with Crippen molar-refractivity contribution in [1.29, 1.82) is 0 Å². The summed E-state index contributed by atoms with van der Waals surface area (Å²) in [6.07, 6.45) is 3.96. The van der Waals surface area contributed by atoms with Crippen LogP contribution in [0.25, 0.3) is 0 Å². The number of ether oxygens (including phenoxy) is 1. The highest BCUT2D eigenvalue weighted by Gasteiger charge is 2.29. The molecule has 2 nitrogen and oxygen atoms in total. The van der Waals surface area contributed by atoms with Crippen molar-refractivity contribution in [3.05, 3.63) is 29.8 Å². The molecule has 0 bridgehead atoms. The summed E-state index contributed by atoms with van der Waals surface area (Å²) in [5.74, 6) is 1.51. The van der Waals surface area contributed by atoms with Crippen LogP contribution in [0.4, 0.5) is 0 Å². The Bertz CT molecular complexity index is 331. The van der Waals surface area contributed by atoms with Gasteiger partial charge in [-0.25, -0.2) is 0 Å². The maximum atomic E-state index is 9.71. The summed E-state index contributed by atoms with van der Waals surface area (Å²) in [5, 5.41) is 9.71. The zero-order valence-corrected chi connectivity index (χ0v) is 9.86. The highest BCUT2D eigenvalue weighted by molar-refractivity contribution is 5.33. The standard InChI is InChI=1S/C14H20O2/c1-2-11-5-3-4-6-14(11)16-10-9-13(15)12-7-8-12/h3-6,12-13,15H,2,7-10H2,1H3. The van der Waals surface area contributed by atoms with Crippen molar-refractivity contribution >= 4 is 0 Å². The second kappa shape index (κ2) is 5.35. The van der Waals surface area contributed by atoms with E-state index in [1.54, 1.807) is 0 Å². The lowest BCUT2D eigenvalue weighted by molar-refractivity contribution is 0.119. The highest BCUT2D eigenvalue weighted by Crippen LogP contribution is 2.33. The molecule has 1 unspecified atom stereocenters. The van der Waals surface area contributed by atoms with Crippen LogP contribution in [0.3, 0.4) is 0 Å². The van der Waals surface area contributed by atoms with Gasteiger partial charge in [0.15, 0.2) is 0 Å². The Hall–Kier alpha value is -1.02. The molecule has 2 rings (SSSR count). The zero-order valence-electron chi connectivity index (χ0n) is 9.86. The van der Waals surface area contributed by atoms with Crippen molar-refractivity contribution in [2.75, 3.05) is 6.61 Å². The van der Waals surface area contributed by atoms with E-state index >= 15 is 0 Å². The highest BCUT2D eigenvalue weighted by atomic mass is 16.5. The fourth-order valence-corrected chi connectivity index (χ4v) is 1.94. The molecule has 1 aromatic carbocycles. The minimum Gasteiger partial charge on any atom is -0.493 e. The maximum absolute atomic E-state index is 9.71. The molecule has 1 aliphatic rings. The summed E-state index contributed by atoms with van der Waals surface area (Å²) in [6.45, 7) is 2.75. The normalized spacial score (nSPS) is 17.1. The van der Waals surface area contributed by atoms with Gasteiger partial charge in [-0.2, -0.15) is 0 Å². The zero-order chi connectivity index (χ0) is 11.4. The Balaban J connectivity index is 1.79. The number of benzene rings is 1. The van der Waals surface area contributed by atoms with Crippen LogP contribution in [0.5, 0.6) is 5.75 Å². The van der Waals surface area contributed by atoms with Gasteiger partial charge in [-0.05, 0) is 36.8 Å². The summed E-state index contributed by atoms with van der Waals surface area (Å²) < 4.78 is 5.72. The van der Waals surface area contributed by atoms with Gasteiger partial charge in [-0.3, -0.25) is 0 Å². The third-order valence-electron chi connectivity index (χ3n) is 3.19.